The number of likely N-dealkylation sites (tertiary alicyclic amines) is 1. The minimum atomic E-state index is -1.03. The second-order valence-corrected chi connectivity index (χ2v) is 7.20. The van der Waals surface area contributed by atoms with Gasteiger partial charge in [0.2, 0.25) is 0 Å². The minimum Gasteiger partial charge on any atom is -0.491 e. The van der Waals surface area contributed by atoms with Crippen LogP contribution in [-0.2, 0) is 13.5 Å². The summed E-state index contributed by atoms with van der Waals surface area (Å²) in [7, 11) is 1.79. The smallest absolute Gasteiger partial charge is 0.272 e. The molecule has 2 heterocycles. The lowest BCUT2D eigenvalue weighted by atomic mass is 10.1. The normalized spacial score (nSPS) is 19.8. The molecule has 0 saturated carbocycles. The molecule has 1 aromatic carbocycles. The lowest BCUT2D eigenvalue weighted by Crippen LogP contribution is -2.41. The van der Waals surface area contributed by atoms with Gasteiger partial charge in [0.15, 0.2) is 0 Å². The number of hydrogen-bond donors (Lipinski definition) is 1. The first-order valence-electron chi connectivity index (χ1n) is 9.06. The van der Waals surface area contributed by atoms with E-state index in [0.29, 0.717) is 18.7 Å². The summed E-state index contributed by atoms with van der Waals surface area (Å²) in [5, 5.41) is 15.3. The number of ether oxygens (including phenoxy) is 1. The van der Waals surface area contributed by atoms with Gasteiger partial charge in [-0.2, -0.15) is 5.10 Å². The zero-order chi connectivity index (χ0) is 18.9. The average Bonchev–Trinajstić information content (AvgIpc) is 3.13. The Morgan fingerprint density at radius 2 is 2.15 bits per heavy atom. The van der Waals surface area contributed by atoms with Crippen molar-refractivity contribution in [2.45, 2.75) is 39.2 Å². The van der Waals surface area contributed by atoms with Gasteiger partial charge in [-0.25, -0.2) is 0 Å². The number of β-amino-alcohol motifs (C(OH)–C–C–N with tert-alkyl or cyclic N) is 1. The van der Waals surface area contributed by atoms with Gasteiger partial charge in [-0.3, -0.25) is 9.48 Å². The Hall–Kier alpha value is -2.34. The van der Waals surface area contributed by atoms with E-state index >= 15 is 0 Å². The van der Waals surface area contributed by atoms with Crippen LogP contribution in [0.5, 0.6) is 5.75 Å². The summed E-state index contributed by atoms with van der Waals surface area (Å²) in [6, 6.07) is 7.74. The van der Waals surface area contributed by atoms with Crippen LogP contribution in [0.25, 0.3) is 0 Å². The van der Waals surface area contributed by atoms with Crippen molar-refractivity contribution in [1.82, 2.24) is 14.7 Å². The highest BCUT2D eigenvalue weighted by molar-refractivity contribution is 5.94. The molecule has 140 valence electrons. The van der Waals surface area contributed by atoms with Crippen molar-refractivity contribution in [1.29, 1.82) is 0 Å². The molecule has 0 spiro atoms. The Labute approximate surface area is 154 Å². The Balaban J connectivity index is 1.67. The molecule has 3 rings (SSSR count). The van der Waals surface area contributed by atoms with Gasteiger partial charge in [0.25, 0.3) is 5.91 Å². The van der Waals surface area contributed by atoms with E-state index in [0.717, 1.165) is 29.0 Å². The summed E-state index contributed by atoms with van der Waals surface area (Å²) in [6.07, 6.45) is 1.29. The number of amides is 1. The molecule has 26 heavy (non-hydrogen) atoms. The van der Waals surface area contributed by atoms with E-state index in [1.165, 1.54) is 0 Å². The average molecular weight is 357 g/mol. The number of benzene rings is 1. The highest BCUT2D eigenvalue weighted by Gasteiger charge is 2.40. The highest BCUT2D eigenvalue weighted by Crippen LogP contribution is 2.26. The van der Waals surface area contributed by atoms with Gasteiger partial charge in [-0.05, 0) is 44.4 Å². The molecule has 0 bridgehead atoms. The molecule has 6 heteroatoms. The number of hydrogen-bond acceptors (Lipinski definition) is 4. The molecule has 0 radical (unpaired) electrons. The Morgan fingerprint density at radius 1 is 1.38 bits per heavy atom. The van der Waals surface area contributed by atoms with Crippen molar-refractivity contribution in [3.05, 3.63) is 46.8 Å². The third-order valence-electron chi connectivity index (χ3n) is 5.04. The van der Waals surface area contributed by atoms with Gasteiger partial charge in [-0.15, -0.1) is 0 Å². The summed E-state index contributed by atoms with van der Waals surface area (Å²) < 4.78 is 7.42. The summed E-state index contributed by atoms with van der Waals surface area (Å²) >= 11 is 0. The maximum absolute atomic E-state index is 12.9. The lowest BCUT2D eigenvalue weighted by molar-refractivity contribution is 0.00417. The van der Waals surface area contributed by atoms with Gasteiger partial charge in [0.1, 0.15) is 23.7 Å². The van der Waals surface area contributed by atoms with Crippen molar-refractivity contribution in [3.8, 4) is 5.75 Å². The van der Waals surface area contributed by atoms with Crippen LogP contribution in [0.4, 0.5) is 0 Å². The summed E-state index contributed by atoms with van der Waals surface area (Å²) in [4.78, 5) is 14.6. The second kappa shape index (κ2) is 7.11. The van der Waals surface area contributed by atoms with Crippen LogP contribution in [0, 0.1) is 13.8 Å². The SMILES string of the molecule is CCc1nn(C)c(C(=O)N2CC[C@](O)(COc3cccc(C)c3)C2)c1C. The lowest BCUT2D eigenvalue weighted by Gasteiger charge is -2.24. The van der Waals surface area contributed by atoms with Crippen molar-refractivity contribution in [3.63, 3.8) is 0 Å². The van der Waals surface area contributed by atoms with Crippen LogP contribution in [0.3, 0.4) is 0 Å². The number of aryl methyl sites for hydroxylation is 3. The first kappa shape index (κ1) is 18.5. The molecular formula is C20H27N3O3. The monoisotopic (exact) mass is 357 g/mol. The standard InChI is InChI=1S/C20H27N3O3/c1-5-17-15(3)18(22(4)21-17)19(24)23-10-9-20(25,12-23)13-26-16-8-6-7-14(2)11-16/h6-8,11,25H,5,9-10,12-13H2,1-4H3/t20-/m1/s1. The predicted octanol–water partition coefficient (Wildman–Crippen LogP) is 2.26. The van der Waals surface area contributed by atoms with E-state index in [4.69, 9.17) is 4.74 Å². The van der Waals surface area contributed by atoms with Gasteiger partial charge in [0, 0.05) is 19.2 Å². The number of carbonyl (C=O) groups excluding carboxylic acids is 1. The molecule has 1 saturated heterocycles. The van der Waals surface area contributed by atoms with Crippen LogP contribution in [0.15, 0.2) is 24.3 Å². The van der Waals surface area contributed by atoms with Gasteiger partial charge in [-0.1, -0.05) is 19.1 Å². The molecule has 1 aromatic heterocycles. The molecule has 1 aliphatic heterocycles. The minimum absolute atomic E-state index is 0.0799. The number of nitrogens with zero attached hydrogens (tertiary/aromatic N) is 3. The quantitative estimate of drug-likeness (QED) is 0.891. The van der Waals surface area contributed by atoms with E-state index in [2.05, 4.69) is 5.10 Å². The van der Waals surface area contributed by atoms with Crippen molar-refractivity contribution in [2.75, 3.05) is 19.7 Å². The molecule has 1 N–H and O–H groups in total. The van der Waals surface area contributed by atoms with Gasteiger partial charge in [0.05, 0.1) is 12.2 Å². The van der Waals surface area contributed by atoms with E-state index in [-0.39, 0.29) is 19.1 Å². The third kappa shape index (κ3) is 3.60. The van der Waals surface area contributed by atoms with E-state index in [1.807, 2.05) is 45.0 Å². The van der Waals surface area contributed by atoms with Crippen LogP contribution < -0.4 is 4.74 Å². The number of aliphatic hydroxyl groups is 1. The molecule has 0 aliphatic carbocycles. The molecule has 1 aliphatic rings. The zero-order valence-electron chi connectivity index (χ0n) is 16.0. The van der Waals surface area contributed by atoms with E-state index in [1.54, 1.807) is 16.6 Å². The molecule has 1 atom stereocenters. The van der Waals surface area contributed by atoms with Crippen LogP contribution >= 0.6 is 0 Å². The van der Waals surface area contributed by atoms with Crippen molar-refractivity contribution >= 4 is 5.91 Å². The van der Waals surface area contributed by atoms with E-state index in [9.17, 15) is 9.90 Å². The molecule has 6 nitrogen and oxygen atoms in total. The second-order valence-electron chi connectivity index (χ2n) is 7.20. The number of aromatic nitrogens is 2. The summed E-state index contributed by atoms with van der Waals surface area (Å²) in [5.41, 5.74) is 2.54. The van der Waals surface area contributed by atoms with Crippen LogP contribution in [0.2, 0.25) is 0 Å². The molecule has 0 unspecified atom stereocenters. The Kier molecular flexibility index (Phi) is 5.05. The van der Waals surface area contributed by atoms with E-state index < -0.39 is 5.60 Å². The number of carbonyl (C=O) groups is 1. The fourth-order valence-corrected chi connectivity index (χ4v) is 3.54. The van der Waals surface area contributed by atoms with Crippen molar-refractivity contribution in [2.24, 2.45) is 7.05 Å². The summed E-state index contributed by atoms with van der Waals surface area (Å²) in [5.74, 6) is 0.655. The van der Waals surface area contributed by atoms with Crippen LogP contribution in [-0.4, -0.2) is 51.0 Å². The fraction of sp³-hybridized carbons (Fsp3) is 0.500. The maximum atomic E-state index is 12.9. The van der Waals surface area contributed by atoms with Gasteiger partial charge >= 0.3 is 0 Å². The largest absolute Gasteiger partial charge is 0.491 e. The third-order valence-corrected chi connectivity index (χ3v) is 5.04. The zero-order valence-corrected chi connectivity index (χ0v) is 16.0. The van der Waals surface area contributed by atoms with Crippen molar-refractivity contribution < 1.29 is 14.6 Å². The maximum Gasteiger partial charge on any atom is 0.272 e. The topological polar surface area (TPSA) is 67.6 Å². The molecule has 1 fully saturated rings. The Bertz CT molecular complexity index is 815. The number of rotatable bonds is 5. The molecular weight excluding hydrogens is 330 g/mol. The van der Waals surface area contributed by atoms with Gasteiger partial charge < -0.3 is 14.7 Å². The summed E-state index contributed by atoms with van der Waals surface area (Å²) in [6.45, 7) is 6.91. The van der Waals surface area contributed by atoms with Crippen LogP contribution in [0.1, 0.15) is 40.7 Å². The first-order chi connectivity index (χ1) is 12.3. The molecule has 1 amide bonds. The molecule has 2 aromatic rings. The Morgan fingerprint density at radius 3 is 2.81 bits per heavy atom. The predicted molar refractivity (Wildman–Crippen MR) is 99.5 cm³/mol. The first-order valence-corrected chi connectivity index (χ1v) is 9.06. The highest BCUT2D eigenvalue weighted by atomic mass is 16.5. The fourth-order valence-electron chi connectivity index (χ4n) is 3.54.